The van der Waals surface area contributed by atoms with Gasteiger partial charge in [0.15, 0.2) is 0 Å². The van der Waals surface area contributed by atoms with Crippen LogP contribution >= 0.6 is 0 Å². The molecule has 0 saturated carbocycles. The second-order valence-corrected chi connectivity index (χ2v) is 5.87. The lowest BCUT2D eigenvalue weighted by Crippen LogP contribution is -2.51. The fraction of sp³-hybridized carbons (Fsp3) is 0.500. The number of nitrogens with one attached hydrogen (secondary N) is 1. The summed E-state index contributed by atoms with van der Waals surface area (Å²) in [5.74, 6) is 0.191. The van der Waals surface area contributed by atoms with Crippen LogP contribution in [0.5, 0.6) is 5.75 Å². The zero-order chi connectivity index (χ0) is 18.9. The molecular weight excluding hydrogens is 338 g/mol. The Kier molecular flexibility index (Phi) is 7.25. The number of rotatable bonds is 6. The Labute approximate surface area is 153 Å². The normalized spacial score (nSPS) is 13.9. The first kappa shape index (κ1) is 19.6. The lowest BCUT2D eigenvalue weighted by molar-refractivity contribution is -0.137. The number of amides is 3. The van der Waals surface area contributed by atoms with Crippen LogP contribution in [-0.2, 0) is 20.9 Å². The van der Waals surface area contributed by atoms with Crippen molar-refractivity contribution < 1.29 is 23.9 Å². The molecule has 1 fully saturated rings. The van der Waals surface area contributed by atoms with Crippen LogP contribution in [-0.4, -0.2) is 67.6 Å². The molecule has 0 atom stereocenters. The van der Waals surface area contributed by atoms with Gasteiger partial charge >= 0.3 is 6.09 Å². The Morgan fingerprint density at radius 2 is 1.65 bits per heavy atom. The highest BCUT2D eigenvalue weighted by molar-refractivity contribution is 5.96. The van der Waals surface area contributed by atoms with Crippen molar-refractivity contribution in [3.8, 4) is 5.75 Å². The predicted molar refractivity (Wildman–Crippen MR) is 94.6 cm³/mol. The Balaban J connectivity index is 1.71. The van der Waals surface area contributed by atoms with Crippen LogP contribution in [0.2, 0.25) is 0 Å². The van der Waals surface area contributed by atoms with Crippen LogP contribution in [0, 0.1) is 0 Å². The second-order valence-electron chi connectivity index (χ2n) is 5.87. The first-order valence-electron chi connectivity index (χ1n) is 8.62. The van der Waals surface area contributed by atoms with Gasteiger partial charge in [-0.05, 0) is 24.6 Å². The molecule has 2 rings (SSSR count). The smallest absolute Gasteiger partial charge is 0.409 e. The van der Waals surface area contributed by atoms with Gasteiger partial charge in [-0.2, -0.15) is 0 Å². The average molecular weight is 363 g/mol. The van der Waals surface area contributed by atoms with Crippen molar-refractivity contribution in [2.24, 2.45) is 0 Å². The average Bonchev–Trinajstić information content (AvgIpc) is 2.67. The van der Waals surface area contributed by atoms with Crippen molar-refractivity contribution >= 4 is 17.9 Å². The van der Waals surface area contributed by atoms with E-state index in [4.69, 9.17) is 9.47 Å². The molecule has 8 heteroatoms. The molecule has 1 aliphatic heterocycles. The Hall–Kier alpha value is -2.77. The van der Waals surface area contributed by atoms with Gasteiger partial charge in [-0.3, -0.25) is 9.59 Å². The largest absolute Gasteiger partial charge is 0.497 e. The summed E-state index contributed by atoms with van der Waals surface area (Å²) in [6.07, 6.45) is -0.563. The van der Waals surface area contributed by atoms with Crippen LogP contribution in [0.25, 0.3) is 0 Å². The number of methoxy groups -OCH3 is 1. The third kappa shape index (κ3) is 5.65. The van der Waals surface area contributed by atoms with E-state index in [1.807, 2.05) is 24.3 Å². The minimum atomic E-state index is -0.364. The van der Waals surface area contributed by atoms with Crippen LogP contribution in [0.4, 0.5) is 4.79 Å². The molecule has 0 aliphatic carbocycles. The topological polar surface area (TPSA) is 88.2 Å². The summed E-state index contributed by atoms with van der Waals surface area (Å²) in [6.45, 7) is 4.07. The third-order valence-corrected chi connectivity index (χ3v) is 4.12. The van der Waals surface area contributed by atoms with Crippen molar-refractivity contribution in [1.29, 1.82) is 0 Å². The second kappa shape index (κ2) is 9.65. The van der Waals surface area contributed by atoms with Crippen molar-refractivity contribution in [2.45, 2.75) is 19.9 Å². The quantitative estimate of drug-likeness (QED) is 0.762. The maximum atomic E-state index is 12.2. The number of carbonyl (C=O) groups is 3. The summed E-state index contributed by atoms with van der Waals surface area (Å²) >= 11 is 0. The van der Waals surface area contributed by atoms with E-state index in [0.29, 0.717) is 39.3 Å². The van der Waals surface area contributed by atoms with Gasteiger partial charge in [0, 0.05) is 32.7 Å². The number of ether oxygens (including phenoxy) is 2. The van der Waals surface area contributed by atoms with Crippen LogP contribution in [0.15, 0.2) is 24.3 Å². The maximum absolute atomic E-state index is 12.2. The van der Waals surface area contributed by atoms with Crippen molar-refractivity contribution in [1.82, 2.24) is 15.1 Å². The molecule has 1 aromatic rings. The fourth-order valence-electron chi connectivity index (χ4n) is 2.61. The van der Waals surface area contributed by atoms with Gasteiger partial charge in [-0.25, -0.2) is 4.79 Å². The van der Waals surface area contributed by atoms with Gasteiger partial charge in [-0.15, -0.1) is 0 Å². The third-order valence-electron chi connectivity index (χ3n) is 4.12. The van der Waals surface area contributed by atoms with Gasteiger partial charge in [0.1, 0.15) is 12.2 Å². The van der Waals surface area contributed by atoms with E-state index >= 15 is 0 Å². The minimum absolute atomic E-state index is 0.199. The highest BCUT2D eigenvalue weighted by Crippen LogP contribution is 2.11. The molecule has 0 radical (unpaired) electrons. The lowest BCUT2D eigenvalue weighted by Gasteiger charge is -2.34. The minimum Gasteiger partial charge on any atom is -0.497 e. The van der Waals surface area contributed by atoms with Gasteiger partial charge in [-0.1, -0.05) is 12.1 Å². The number of benzene rings is 1. The molecule has 8 nitrogen and oxygen atoms in total. The molecule has 1 saturated heterocycles. The highest BCUT2D eigenvalue weighted by atomic mass is 16.6. The van der Waals surface area contributed by atoms with E-state index in [-0.39, 0.29) is 24.3 Å². The SMILES string of the molecule is CCOC(=O)N1CCN(C(=O)CC(=O)NCc2ccc(OC)cc2)CC1. The van der Waals surface area contributed by atoms with Crippen molar-refractivity contribution in [3.05, 3.63) is 29.8 Å². The number of piperazine rings is 1. The Morgan fingerprint density at radius 3 is 2.23 bits per heavy atom. The summed E-state index contributed by atoms with van der Waals surface area (Å²) in [7, 11) is 1.59. The highest BCUT2D eigenvalue weighted by Gasteiger charge is 2.25. The van der Waals surface area contributed by atoms with E-state index in [1.165, 1.54) is 0 Å². The van der Waals surface area contributed by atoms with E-state index < -0.39 is 0 Å². The van der Waals surface area contributed by atoms with E-state index in [0.717, 1.165) is 11.3 Å². The molecule has 26 heavy (non-hydrogen) atoms. The summed E-state index contributed by atoms with van der Waals surface area (Å²) in [4.78, 5) is 39.0. The number of carbonyl (C=O) groups excluding carboxylic acids is 3. The number of hydrogen-bond donors (Lipinski definition) is 1. The van der Waals surface area contributed by atoms with E-state index in [1.54, 1.807) is 23.8 Å². The molecule has 142 valence electrons. The van der Waals surface area contributed by atoms with E-state index in [2.05, 4.69) is 5.32 Å². The Morgan fingerprint density at radius 1 is 1.04 bits per heavy atom. The predicted octanol–water partition coefficient (Wildman–Crippen LogP) is 1.00. The number of nitrogens with zero attached hydrogens (tertiary/aromatic N) is 2. The molecule has 1 heterocycles. The van der Waals surface area contributed by atoms with Crippen LogP contribution in [0.1, 0.15) is 18.9 Å². The lowest BCUT2D eigenvalue weighted by atomic mass is 10.2. The molecule has 3 amide bonds. The monoisotopic (exact) mass is 363 g/mol. The van der Waals surface area contributed by atoms with Crippen molar-refractivity contribution in [3.63, 3.8) is 0 Å². The molecule has 0 aromatic heterocycles. The van der Waals surface area contributed by atoms with Crippen LogP contribution in [0.3, 0.4) is 0 Å². The summed E-state index contributed by atoms with van der Waals surface area (Å²) < 4.78 is 10.0. The zero-order valence-corrected chi connectivity index (χ0v) is 15.2. The first-order valence-corrected chi connectivity index (χ1v) is 8.62. The molecule has 1 aromatic carbocycles. The van der Waals surface area contributed by atoms with E-state index in [9.17, 15) is 14.4 Å². The van der Waals surface area contributed by atoms with Gasteiger partial charge in [0.25, 0.3) is 0 Å². The molecule has 0 bridgehead atoms. The van der Waals surface area contributed by atoms with Gasteiger partial charge in [0.05, 0.1) is 13.7 Å². The Bertz CT molecular complexity index is 624. The molecular formula is C18H25N3O5. The molecule has 1 N–H and O–H groups in total. The molecule has 0 unspecified atom stereocenters. The molecule has 1 aliphatic rings. The molecule has 0 spiro atoms. The maximum Gasteiger partial charge on any atom is 0.409 e. The summed E-state index contributed by atoms with van der Waals surface area (Å²) in [5, 5.41) is 2.74. The van der Waals surface area contributed by atoms with Crippen molar-refractivity contribution in [2.75, 3.05) is 39.9 Å². The van der Waals surface area contributed by atoms with Gasteiger partial charge < -0.3 is 24.6 Å². The number of hydrogen-bond acceptors (Lipinski definition) is 5. The fourth-order valence-corrected chi connectivity index (χ4v) is 2.61. The first-order chi connectivity index (χ1) is 12.5. The van der Waals surface area contributed by atoms with Gasteiger partial charge in [0.2, 0.25) is 11.8 Å². The summed E-state index contributed by atoms with van der Waals surface area (Å²) in [5.41, 5.74) is 0.926. The standard InChI is InChI=1S/C18H25N3O5/c1-3-26-18(24)21-10-8-20(9-11-21)17(23)12-16(22)19-13-14-4-6-15(25-2)7-5-14/h4-7H,3,8-13H2,1-2H3,(H,19,22). The zero-order valence-electron chi connectivity index (χ0n) is 15.2. The van der Waals surface area contributed by atoms with Crippen LogP contribution < -0.4 is 10.1 Å². The summed E-state index contributed by atoms with van der Waals surface area (Å²) in [6, 6.07) is 7.34.